The molecule has 21 heavy (non-hydrogen) atoms. The highest BCUT2D eigenvalue weighted by molar-refractivity contribution is 7.83. The number of thiol groups is 1. The highest BCUT2D eigenvalue weighted by Crippen LogP contribution is 1.93. The molecule has 3 N–H and O–H groups in total. The van der Waals surface area contributed by atoms with Crippen molar-refractivity contribution in [2.24, 2.45) is 0 Å². The number of aryl methyl sites for hydroxylation is 1. The quantitative estimate of drug-likeness (QED) is 0.645. The first-order chi connectivity index (χ1) is 9.61. The van der Waals surface area contributed by atoms with Crippen LogP contribution in [0.1, 0.15) is 12.0 Å². The minimum Gasteiger partial charge on any atom is -0.412 e. The Morgan fingerprint density at radius 2 is 1.90 bits per heavy atom. The molecular weight excluding hydrogens is 286 g/mol. The van der Waals surface area contributed by atoms with E-state index in [1.807, 2.05) is 18.2 Å². The molecule has 0 fully saturated rings. The minimum atomic E-state index is -0.00198. The van der Waals surface area contributed by atoms with Gasteiger partial charge in [-0.1, -0.05) is 54.1 Å². The molecule has 0 spiro atoms. The molecule has 5 heteroatoms. The number of allylic oxidation sites excluding steroid dienone is 2. The second kappa shape index (κ2) is 14.8. The normalized spacial score (nSPS) is 9.90. The van der Waals surface area contributed by atoms with Crippen LogP contribution in [0.4, 0.5) is 0 Å². The third kappa shape index (κ3) is 13.2. The van der Waals surface area contributed by atoms with Gasteiger partial charge >= 0.3 is 0 Å². The fourth-order valence-electron chi connectivity index (χ4n) is 1.26. The standard InChI is InChI=1S/C9H15NO2S.C7H8.H2O/c1-10(6-7-11)9(12)5-3-2-4-8-13;1-7-5-3-2-4-6-7;/h2-4,8,11,13H,5-7H2,1H3;2-6H,1H3;1H2/b3-2+,8-4-;;. The molecule has 0 saturated carbocycles. The van der Waals surface area contributed by atoms with Crippen molar-refractivity contribution in [3.05, 3.63) is 59.5 Å². The lowest BCUT2D eigenvalue weighted by Crippen LogP contribution is -2.28. The average molecular weight is 311 g/mol. The van der Waals surface area contributed by atoms with Crippen LogP contribution in [-0.2, 0) is 4.79 Å². The van der Waals surface area contributed by atoms with Crippen molar-refractivity contribution in [2.75, 3.05) is 20.2 Å². The van der Waals surface area contributed by atoms with Crippen molar-refractivity contribution in [1.29, 1.82) is 0 Å². The Hall–Kier alpha value is -1.56. The highest BCUT2D eigenvalue weighted by atomic mass is 32.1. The lowest BCUT2D eigenvalue weighted by Gasteiger charge is -2.13. The van der Waals surface area contributed by atoms with Crippen LogP contribution in [0.25, 0.3) is 0 Å². The van der Waals surface area contributed by atoms with Gasteiger partial charge in [-0.15, -0.1) is 0 Å². The van der Waals surface area contributed by atoms with Gasteiger partial charge in [-0.05, 0) is 12.3 Å². The summed E-state index contributed by atoms with van der Waals surface area (Å²) in [5, 5.41) is 10.2. The number of likely N-dealkylation sites (N-methyl/N-ethyl adjacent to an activating group) is 1. The lowest BCUT2D eigenvalue weighted by molar-refractivity contribution is -0.129. The van der Waals surface area contributed by atoms with Gasteiger partial charge in [0.1, 0.15) is 0 Å². The van der Waals surface area contributed by atoms with Crippen molar-refractivity contribution < 1.29 is 15.4 Å². The van der Waals surface area contributed by atoms with E-state index in [0.717, 1.165) is 0 Å². The van der Waals surface area contributed by atoms with Gasteiger partial charge in [0.15, 0.2) is 0 Å². The van der Waals surface area contributed by atoms with Crippen LogP contribution in [-0.4, -0.2) is 41.6 Å². The molecule has 1 rings (SSSR count). The smallest absolute Gasteiger partial charge is 0.226 e. The summed E-state index contributed by atoms with van der Waals surface area (Å²) in [6.45, 7) is 2.47. The number of carbonyl (C=O) groups is 1. The Balaban J connectivity index is 0. The molecule has 0 atom stereocenters. The van der Waals surface area contributed by atoms with Crippen molar-refractivity contribution in [2.45, 2.75) is 13.3 Å². The van der Waals surface area contributed by atoms with Crippen molar-refractivity contribution in [1.82, 2.24) is 4.90 Å². The van der Waals surface area contributed by atoms with Gasteiger partial charge in [0.25, 0.3) is 0 Å². The molecule has 118 valence electrons. The van der Waals surface area contributed by atoms with E-state index < -0.39 is 0 Å². The number of hydrogen-bond acceptors (Lipinski definition) is 3. The Kier molecular flexibility index (Phi) is 15.4. The summed E-state index contributed by atoms with van der Waals surface area (Å²) < 4.78 is 0. The lowest BCUT2D eigenvalue weighted by atomic mass is 10.2. The van der Waals surface area contributed by atoms with E-state index >= 15 is 0 Å². The van der Waals surface area contributed by atoms with Crippen LogP contribution in [0.3, 0.4) is 0 Å². The maximum absolute atomic E-state index is 11.2. The number of rotatable bonds is 5. The number of carbonyl (C=O) groups excluding carboxylic acids is 1. The molecule has 0 aliphatic heterocycles. The van der Waals surface area contributed by atoms with Crippen LogP contribution in [0.5, 0.6) is 0 Å². The summed E-state index contributed by atoms with van der Waals surface area (Å²) in [5.74, 6) is -0.00198. The van der Waals surface area contributed by atoms with Crippen LogP contribution in [0.2, 0.25) is 0 Å². The molecule has 1 aromatic rings. The fraction of sp³-hybridized carbons (Fsp3) is 0.312. The second-order valence-electron chi connectivity index (χ2n) is 4.17. The number of benzene rings is 1. The molecule has 0 bridgehead atoms. The zero-order valence-electron chi connectivity index (χ0n) is 12.6. The molecular formula is C16H25NO3S. The average Bonchev–Trinajstić information content (AvgIpc) is 2.45. The summed E-state index contributed by atoms with van der Waals surface area (Å²) in [5.41, 5.74) is 1.32. The summed E-state index contributed by atoms with van der Waals surface area (Å²) >= 11 is 3.86. The Labute approximate surface area is 132 Å². The first-order valence-electron chi connectivity index (χ1n) is 6.44. The van der Waals surface area contributed by atoms with Gasteiger partial charge in [-0.25, -0.2) is 0 Å². The monoisotopic (exact) mass is 311 g/mol. The first-order valence-corrected chi connectivity index (χ1v) is 6.95. The molecule has 0 unspecified atom stereocenters. The van der Waals surface area contributed by atoms with E-state index in [-0.39, 0.29) is 18.0 Å². The molecule has 0 heterocycles. The molecule has 0 aliphatic carbocycles. The summed E-state index contributed by atoms with van der Waals surface area (Å²) in [4.78, 5) is 12.7. The van der Waals surface area contributed by atoms with Gasteiger partial charge in [-0.2, -0.15) is 12.6 Å². The molecule has 0 saturated heterocycles. The third-order valence-corrected chi connectivity index (χ3v) is 2.60. The van der Waals surface area contributed by atoms with Crippen molar-refractivity contribution in [3.63, 3.8) is 0 Å². The zero-order chi connectivity index (χ0) is 15.2. The number of nitrogens with zero attached hydrogens (tertiary/aromatic N) is 1. The van der Waals surface area contributed by atoms with Crippen molar-refractivity contribution >= 4 is 18.5 Å². The van der Waals surface area contributed by atoms with E-state index in [1.54, 1.807) is 30.7 Å². The summed E-state index contributed by atoms with van der Waals surface area (Å²) in [6, 6.07) is 10.3. The summed E-state index contributed by atoms with van der Waals surface area (Å²) in [6.07, 6.45) is 5.61. The van der Waals surface area contributed by atoms with Crippen LogP contribution in [0, 0.1) is 6.92 Å². The topological polar surface area (TPSA) is 72.0 Å². The second-order valence-corrected chi connectivity index (χ2v) is 4.47. The molecule has 0 aromatic heterocycles. The fourth-order valence-corrected chi connectivity index (χ4v) is 1.36. The van der Waals surface area contributed by atoms with Gasteiger partial charge in [-0.3, -0.25) is 4.79 Å². The van der Waals surface area contributed by atoms with Crippen LogP contribution < -0.4 is 0 Å². The van der Waals surface area contributed by atoms with Crippen molar-refractivity contribution in [3.8, 4) is 0 Å². The zero-order valence-corrected chi connectivity index (χ0v) is 13.5. The SMILES string of the molecule is CN(CCO)C(=O)C/C=C/C=C\S.Cc1ccccc1.O. The van der Waals surface area contributed by atoms with E-state index in [0.29, 0.717) is 13.0 Å². The minimum absolute atomic E-state index is 0. The Morgan fingerprint density at radius 3 is 2.33 bits per heavy atom. The van der Waals surface area contributed by atoms with Gasteiger partial charge in [0.05, 0.1) is 6.61 Å². The molecule has 4 nitrogen and oxygen atoms in total. The van der Waals surface area contributed by atoms with E-state index in [1.165, 1.54) is 10.5 Å². The van der Waals surface area contributed by atoms with Gasteiger partial charge in [0.2, 0.25) is 5.91 Å². The summed E-state index contributed by atoms with van der Waals surface area (Å²) in [7, 11) is 1.67. The maximum atomic E-state index is 11.2. The molecule has 0 radical (unpaired) electrons. The van der Waals surface area contributed by atoms with Gasteiger partial charge in [0, 0.05) is 20.0 Å². The van der Waals surface area contributed by atoms with E-state index in [2.05, 4.69) is 31.7 Å². The van der Waals surface area contributed by atoms with Gasteiger partial charge < -0.3 is 15.5 Å². The molecule has 1 amide bonds. The first kappa shape index (κ1) is 21.7. The Morgan fingerprint density at radius 1 is 1.29 bits per heavy atom. The molecule has 1 aromatic carbocycles. The highest BCUT2D eigenvalue weighted by Gasteiger charge is 2.03. The van der Waals surface area contributed by atoms with Crippen LogP contribution in [0.15, 0.2) is 54.0 Å². The predicted octanol–water partition coefficient (Wildman–Crippen LogP) is 2.00. The maximum Gasteiger partial charge on any atom is 0.226 e. The van der Waals surface area contributed by atoms with E-state index in [4.69, 9.17) is 5.11 Å². The third-order valence-electron chi connectivity index (χ3n) is 2.43. The number of amides is 1. The molecule has 0 aliphatic rings. The number of hydrogen-bond donors (Lipinski definition) is 2. The largest absolute Gasteiger partial charge is 0.412 e. The van der Waals surface area contributed by atoms with Crippen LogP contribution >= 0.6 is 12.6 Å². The number of aliphatic hydroxyl groups excluding tert-OH is 1. The van der Waals surface area contributed by atoms with E-state index in [9.17, 15) is 4.79 Å². The number of aliphatic hydroxyl groups is 1. The Bertz CT molecular complexity index is 419. The predicted molar refractivity (Wildman–Crippen MR) is 91.4 cm³/mol.